The highest BCUT2D eigenvalue weighted by Gasteiger charge is 2.28. The number of hydrogen-bond donors (Lipinski definition) is 1. The molecule has 4 rings (SSSR count). The number of methoxy groups -OCH3 is 2. The molecule has 174 valence electrons. The van der Waals surface area contributed by atoms with E-state index in [2.05, 4.69) is 10.2 Å². The Labute approximate surface area is 192 Å². The summed E-state index contributed by atoms with van der Waals surface area (Å²) in [6.07, 6.45) is 1.63. The van der Waals surface area contributed by atoms with Crippen LogP contribution in [0.1, 0.15) is 22.2 Å². The van der Waals surface area contributed by atoms with Crippen LogP contribution in [0.3, 0.4) is 0 Å². The zero-order valence-corrected chi connectivity index (χ0v) is 18.8. The number of furan rings is 1. The molecule has 1 unspecified atom stereocenters. The van der Waals surface area contributed by atoms with Crippen molar-refractivity contribution >= 4 is 11.6 Å². The van der Waals surface area contributed by atoms with Crippen molar-refractivity contribution < 1.29 is 23.1 Å². The van der Waals surface area contributed by atoms with Gasteiger partial charge in [0.1, 0.15) is 11.6 Å². The molecule has 2 heterocycles. The highest BCUT2D eigenvalue weighted by molar-refractivity contribution is 5.94. The maximum atomic E-state index is 14.2. The van der Waals surface area contributed by atoms with Crippen LogP contribution in [0.4, 0.5) is 10.1 Å². The fraction of sp³-hybridized carbons (Fsp3) is 0.320. The predicted molar refractivity (Wildman–Crippen MR) is 124 cm³/mol. The van der Waals surface area contributed by atoms with Gasteiger partial charge in [-0.05, 0) is 42.5 Å². The second-order valence-electron chi connectivity index (χ2n) is 7.79. The van der Waals surface area contributed by atoms with E-state index in [9.17, 15) is 9.18 Å². The second-order valence-corrected chi connectivity index (χ2v) is 7.79. The summed E-state index contributed by atoms with van der Waals surface area (Å²) in [6.45, 7) is 3.17. The Hall–Kier alpha value is -3.52. The lowest BCUT2D eigenvalue weighted by molar-refractivity contribution is 0.0922. The van der Waals surface area contributed by atoms with Gasteiger partial charge in [-0.25, -0.2) is 4.39 Å². The number of nitrogens with zero attached hydrogens (tertiary/aromatic N) is 2. The summed E-state index contributed by atoms with van der Waals surface area (Å²) in [5.74, 6) is 1.42. The molecular formula is C25H28FN3O4. The largest absolute Gasteiger partial charge is 0.493 e. The molecule has 1 saturated heterocycles. The molecule has 1 aliphatic rings. The predicted octanol–water partition coefficient (Wildman–Crippen LogP) is 3.73. The number of ether oxygens (including phenoxy) is 2. The number of carbonyl (C=O) groups excluding carboxylic acids is 1. The summed E-state index contributed by atoms with van der Waals surface area (Å²) in [5, 5.41) is 3.01. The van der Waals surface area contributed by atoms with Crippen molar-refractivity contribution in [1.29, 1.82) is 0 Å². The smallest absolute Gasteiger partial charge is 0.251 e. The van der Waals surface area contributed by atoms with E-state index < -0.39 is 0 Å². The highest BCUT2D eigenvalue weighted by atomic mass is 19.1. The van der Waals surface area contributed by atoms with Gasteiger partial charge < -0.3 is 24.1 Å². The molecule has 0 radical (unpaired) electrons. The van der Waals surface area contributed by atoms with E-state index >= 15 is 0 Å². The SMILES string of the molecule is COc1ccc(C(=O)NCC(c2ccco2)N2CCN(c3ccccc3F)CC2)cc1OC. The van der Waals surface area contributed by atoms with E-state index in [0.29, 0.717) is 55.5 Å². The van der Waals surface area contributed by atoms with Gasteiger partial charge in [-0.2, -0.15) is 0 Å². The van der Waals surface area contributed by atoms with Crippen molar-refractivity contribution in [3.05, 3.63) is 78.0 Å². The highest BCUT2D eigenvalue weighted by Crippen LogP contribution is 2.28. The Kier molecular flexibility index (Phi) is 7.14. The van der Waals surface area contributed by atoms with Gasteiger partial charge in [0, 0.05) is 38.3 Å². The average molecular weight is 454 g/mol. The van der Waals surface area contributed by atoms with E-state index in [0.717, 1.165) is 5.76 Å². The van der Waals surface area contributed by atoms with Crippen molar-refractivity contribution in [3.63, 3.8) is 0 Å². The zero-order chi connectivity index (χ0) is 23.2. The van der Waals surface area contributed by atoms with Gasteiger partial charge in [-0.1, -0.05) is 12.1 Å². The van der Waals surface area contributed by atoms with Crippen molar-refractivity contribution in [2.45, 2.75) is 6.04 Å². The third kappa shape index (κ3) is 5.12. The van der Waals surface area contributed by atoms with Crippen LogP contribution in [-0.4, -0.2) is 57.8 Å². The Balaban J connectivity index is 1.43. The second kappa shape index (κ2) is 10.4. The van der Waals surface area contributed by atoms with Gasteiger partial charge in [0.15, 0.2) is 11.5 Å². The normalized spacial score (nSPS) is 15.2. The van der Waals surface area contributed by atoms with E-state index in [1.54, 1.807) is 43.7 Å². The molecule has 3 aromatic rings. The molecule has 1 fully saturated rings. The fourth-order valence-electron chi connectivity index (χ4n) is 4.14. The summed E-state index contributed by atoms with van der Waals surface area (Å²) in [5.41, 5.74) is 1.10. The zero-order valence-electron chi connectivity index (χ0n) is 18.8. The Morgan fingerprint density at radius 3 is 2.45 bits per heavy atom. The van der Waals surface area contributed by atoms with Crippen molar-refractivity contribution in [1.82, 2.24) is 10.2 Å². The van der Waals surface area contributed by atoms with Gasteiger partial charge in [0.05, 0.1) is 32.2 Å². The molecule has 0 aliphatic carbocycles. The van der Waals surface area contributed by atoms with Gasteiger partial charge in [0.25, 0.3) is 5.91 Å². The number of halogens is 1. The third-order valence-corrected chi connectivity index (χ3v) is 5.92. The van der Waals surface area contributed by atoms with Gasteiger partial charge in [-0.3, -0.25) is 9.69 Å². The lowest BCUT2D eigenvalue weighted by Crippen LogP contribution is -2.50. The summed E-state index contributed by atoms with van der Waals surface area (Å²) < 4.78 is 30.4. The number of carbonyl (C=O) groups is 1. The average Bonchev–Trinajstić information content (AvgIpc) is 3.39. The lowest BCUT2D eigenvalue weighted by atomic mass is 10.1. The summed E-state index contributed by atoms with van der Waals surface area (Å²) >= 11 is 0. The maximum absolute atomic E-state index is 14.2. The number of para-hydroxylation sites is 1. The molecular weight excluding hydrogens is 425 g/mol. The standard InChI is InChI=1S/C25H28FN3O4/c1-31-23-10-9-18(16-24(23)32-2)25(30)27-17-21(22-8-5-15-33-22)29-13-11-28(12-14-29)20-7-4-3-6-19(20)26/h3-10,15-16,21H,11-14,17H2,1-2H3,(H,27,30). The summed E-state index contributed by atoms with van der Waals surface area (Å²) in [4.78, 5) is 17.1. The minimum atomic E-state index is -0.212. The number of hydrogen-bond acceptors (Lipinski definition) is 6. The lowest BCUT2D eigenvalue weighted by Gasteiger charge is -2.39. The van der Waals surface area contributed by atoms with Crippen LogP contribution in [-0.2, 0) is 0 Å². The topological polar surface area (TPSA) is 67.2 Å². The molecule has 1 amide bonds. The molecule has 1 aliphatic heterocycles. The first-order valence-corrected chi connectivity index (χ1v) is 10.9. The Morgan fingerprint density at radius 1 is 1.03 bits per heavy atom. The molecule has 7 nitrogen and oxygen atoms in total. The number of amides is 1. The molecule has 0 saturated carbocycles. The Morgan fingerprint density at radius 2 is 1.79 bits per heavy atom. The quantitative estimate of drug-likeness (QED) is 0.561. The van der Waals surface area contributed by atoms with E-state index in [1.807, 2.05) is 23.1 Å². The maximum Gasteiger partial charge on any atom is 0.251 e. The first-order chi connectivity index (χ1) is 16.1. The molecule has 0 bridgehead atoms. The van der Waals surface area contributed by atoms with Crippen molar-refractivity contribution in [2.24, 2.45) is 0 Å². The first-order valence-electron chi connectivity index (χ1n) is 10.9. The number of anilines is 1. The van der Waals surface area contributed by atoms with Crippen LogP contribution in [0.15, 0.2) is 65.3 Å². The van der Waals surface area contributed by atoms with Crippen LogP contribution in [0.2, 0.25) is 0 Å². The van der Waals surface area contributed by atoms with E-state index in [1.165, 1.54) is 13.2 Å². The van der Waals surface area contributed by atoms with Gasteiger partial charge in [-0.15, -0.1) is 0 Å². The summed E-state index contributed by atoms with van der Waals surface area (Å²) in [7, 11) is 3.09. The number of nitrogens with one attached hydrogen (secondary N) is 1. The number of benzene rings is 2. The molecule has 2 aromatic carbocycles. The van der Waals surface area contributed by atoms with Crippen LogP contribution in [0.25, 0.3) is 0 Å². The number of piperazine rings is 1. The van der Waals surface area contributed by atoms with Gasteiger partial charge >= 0.3 is 0 Å². The first kappa shape index (κ1) is 22.7. The molecule has 1 aromatic heterocycles. The summed E-state index contributed by atoms with van der Waals surface area (Å²) in [6, 6.07) is 15.5. The molecule has 1 atom stereocenters. The van der Waals surface area contributed by atoms with Crippen LogP contribution >= 0.6 is 0 Å². The molecule has 33 heavy (non-hydrogen) atoms. The van der Waals surface area contributed by atoms with E-state index in [4.69, 9.17) is 13.9 Å². The number of rotatable bonds is 8. The Bertz CT molecular complexity index is 1070. The van der Waals surface area contributed by atoms with Crippen molar-refractivity contribution in [2.75, 3.05) is 51.8 Å². The molecule has 8 heteroatoms. The monoisotopic (exact) mass is 453 g/mol. The van der Waals surface area contributed by atoms with Gasteiger partial charge in [0.2, 0.25) is 0 Å². The molecule has 1 N–H and O–H groups in total. The van der Waals surface area contributed by atoms with Crippen molar-refractivity contribution in [3.8, 4) is 11.5 Å². The van der Waals surface area contributed by atoms with Crippen LogP contribution < -0.4 is 19.7 Å². The fourth-order valence-corrected chi connectivity index (χ4v) is 4.14. The third-order valence-electron chi connectivity index (χ3n) is 5.92. The molecule has 0 spiro atoms. The van der Waals surface area contributed by atoms with Crippen LogP contribution in [0, 0.1) is 5.82 Å². The van der Waals surface area contributed by atoms with E-state index in [-0.39, 0.29) is 17.8 Å². The van der Waals surface area contributed by atoms with Crippen LogP contribution in [0.5, 0.6) is 11.5 Å². The minimum Gasteiger partial charge on any atom is -0.493 e. The minimum absolute atomic E-state index is 0.133.